The molecule has 0 aliphatic carbocycles. The van der Waals surface area contributed by atoms with E-state index in [1.165, 1.54) is 30.2 Å². The predicted molar refractivity (Wildman–Crippen MR) is 124 cm³/mol. The lowest BCUT2D eigenvalue weighted by atomic mass is 10.1. The van der Waals surface area contributed by atoms with Crippen molar-refractivity contribution in [2.45, 2.75) is 43.3 Å². The molecule has 0 bridgehead atoms. The Hall–Kier alpha value is -2.84. The van der Waals surface area contributed by atoms with Crippen molar-refractivity contribution in [1.29, 1.82) is 0 Å². The summed E-state index contributed by atoms with van der Waals surface area (Å²) in [4.78, 5) is 39.8. The zero-order chi connectivity index (χ0) is 22.6. The van der Waals surface area contributed by atoms with Crippen molar-refractivity contribution in [2.24, 2.45) is 0 Å². The van der Waals surface area contributed by atoms with Gasteiger partial charge in [-0.3, -0.25) is 19.8 Å². The molecule has 1 atom stereocenters. The number of benzene rings is 2. The number of rotatable bonds is 8. The highest BCUT2D eigenvalue weighted by molar-refractivity contribution is 7.99. The van der Waals surface area contributed by atoms with Crippen LogP contribution in [0.2, 0.25) is 0 Å². The molecule has 4 amide bonds. The maximum Gasteiger partial charge on any atom is 0.322 e. The molecule has 2 saturated heterocycles. The van der Waals surface area contributed by atoms with Crippen molar-refractivity contribution in [1.82, 2.24) is 20.9 Å². The summed E-state index contributed by atoms with van der Waals surface area (Å²) in [5, 5.41) is 7.98. The van der Waals surface area contributed by atoms with Crippen LogP contribution in [0.5, 0.6) is 0 Å². The van der Waals surface area contributed by atoms with Gasteiger partial charge in [-0.25, -0.2) is 4.79 Å². The molecular weight excluding hydrogens is 424 g/mol. The van der Waals surface area contributed by atoms with E-state index in [2.05, 4.69) is 33.0 Å². The van der Waals surface area contributed by atoms with Crippen LogP contribution in [0.1, 0.15) is 41.3 Å². The summed E-state index contributed by atoms with van der Waals surface area (Å²) in [6.07, 6.45) is 2.50. The molecule has 8 heteroatoms. The molecule has 3 N–H and O–H groups in total. The number of nitrogens with zero attached hydrogens (tertiary/aromatic N) is 1. The smallest absolute Gasteiger partial charge is 0.322 e. The second-order valence-electron chi connectivity index (χ2n) is 8.46. The highest BCUT2D eigenvalue weighted by Crippen LogP contribution is 2.27. The van der Waals surface area contributed by atoms with Crippen LogP contribution in [-0.4, -0.2) is 47.1 Å². The summed E-state index contributed by atoms with van der Waals surface area (Å²) in [5.74, 6) is -0.186. The van der Waals surface area contributed by atoms with Gasteiger partial charge in [-0.15, -0.1) is 11.8 Å². The van der Waals surface area contributed by atoms with E-state index in [9.17, 15) is 14.4 Å². The van der Waals surface area contributed by atoms with Crippen LogP contribution in [0.25, 0.3) is 0 Å². The first-order valence-electron chi connectivity index (χ1n) is 10.9. The molecule has 0 aromatic heterocycles. The average molecular weight is 453 g/mol. The van der Waals surface area contributed by atoms with Crippen LogP contribution >= 0.6 is 11.8 Å². The Morgan fingerprint density at radius 1 is 1.06 bits per heavy atom. The van der Waals surface area contributed by atoms with Crippen LogP contribution in [0.4, 0.5) is 4.79 Å². The van der Waals surface area contributed by atoms with Crippen LogP contribution in [0, 0.1) is 0 Å². The van der Waals surface area contributed by atoms with Crippen LogP contribution in [0.3, 0.4) is 0 Å². The normalized spacial score (nSPS) is 20.8. The molecule has 2 aliphatic rings. The van der Waals surface area contributed by atoms with E-state index in [0.29, 0.717) is 17.9 Å². The molecule has 32 heavy (non-hydrogen) atoms. The van der Waals surface area contributed by atoms with Crippen LogP contribution in [-0.2, 0) is 17.9 Å². The van der Waals surface area contributed by atoms with Gasteiger partial charge in [-0.2, -0.15) is 0 Å². The first-order valence-corrected chi connectivity index (χ1v) is 11.9. The maximum absolute atomic E-state index is 13.0. The summed E-state index contributed by atoms with van der Waals surface area (Å²) in [6, 6.07) is 15.1. The number of hydrogen-bond donors (Lipinski definition) is 3. The first-order chi connectivity index (χ1) is 15.4. The molecule has 2 fully saturated rings. The average Bonchev–Trinajstić information content (AvgIpc) is 3.39. The van der Waals surface area contributed by atoms with Gasteiger partial charge in [0.05, 0.1) is 5.56 Å². The predicted octanol–water partition coefficient (Wildman–Crippen LogP) is 2.90. The summed E-state index contributed by atoms with van der Waals surface area (Å²) in [5.41, 5.74) is 1.92. The first kappa shape index (κ1) is 22.4. The van der Waals surface area contributed by atoms with E-state index in [1.807, 2.05) is 30.3 Å². The minimum Gasteiger partial charge on any atom is -0.348 e. The van der Waals surface area contributed by atoms with Gasteiger partial charge in [0, 0.05) is 23.7 Å². The molecule has 2 aromatic rings. The van der Waals surface area contributed by atoms with Gasteiger partial charge >= 0.3 is 6.03 Å². The molecule has 0 saturated carbocycles. The molecule has 7 nitrogen and oxygen atoms in total. The maximum atomic E-state index is 13.0. The summed E-state index contributed by atoms with van der Waals surface area (Å²) < 4.78 is 0. The third-order valence-corrected chi connectivity index (χ3v) is 7.30. The fraction of sp³-hybridized carbons (Fsp3) is 0.375. The van der Waals surface area contributed by atoms with Gasteiger partial charge in [0.1, 0.15) is 5.54 Å². The van der Waals surface area contributed by atoms with Crippen LogP contribution < -0.4 is 16.0 Å². The number of hydrogen-bond acceptors (Lipinski definition) is 5. The zero-order valence-corrected chi connectivity index (χ0v) is 19.0. The third kappa shape index (κ3) is 5.14. The zero-order valence-electron chi connectivity index (χ0n) is 18.1. The third-order valence-electron chi connectivity index (χ3n) is 5.92. The summed E-state index contributed by atoms with van der Waals surface area (Å²) >= 11 is 1.38. The molecule has 2 aliphatic heterocycles. The quantitative estimate of drug-likeness (QED) is 0.423. The number of carbonyl (C=O) groups excluding carboxylic acids is 3. The number of carbonyl (C=O) groups is 3. The van der Waals surface area contributed by atoms with Crippen molar-refractivity contribution in [2.75, 3.05) is 18.8 Å². The molecule has 2 heterocycles. The van der Waals surface area contributed by atoms with Crippen molar-refractivity contribution >= 4 is 29.6 Å². The Kier molecular flexibility index (Phi) is 6.81. The standard InChI is InChI=1S/C24H28N4O3S/c1-24(22(30)26-23(31)27-24)16-32-20-11-5-4-10-19(20)21(29)25-14-17-8-2-3-9-18(17)15-28-12-6-7-13-28/h2-5,8-11H,6-7,12-16H2,1H3,(H,25,29)(H2,26,27,30,31)/t24-/m0/s1. The van der Waals surface area contributed by atoms with E-state index < -0.39 is 11.6 Å². The van der Waals surface area contributed by atoms with Gasteiger partial charge < -0.3 is 10.6 Å². The summed E-state index contributed by atoms with van der Waals surface area (Å²) in [7, 11) is 0. The Labute approximate surface area is 192 Å². The number of amides is 4. The summed E-state index contributed by atoms with van der Waals surface area (Å²) in [6.45, 7) is 5.30. The minimum absolute atomic E-state index is 0.158. The molecular formula is C24H28N4O3S. The minimum atomic E-state index is -1.00. The SMILES string of the molecule is C[C@@]1(CSc2ccccc2C(=O)NCc2ccccc2CN2CCCC2)NC(=O)NC1=O. The monoisotopic (exact) mass is 452 g/mol. The van der Waals surface area contributed by atoms with Crippen molar-refractivity contribution in [3.8, 4) is 0 Å². The second kappa shape index (κ2) is 9.75. The van der Waals surface area contributed by atoms with Gasteiger partial charge in [0.2, 0.25) is 0 Å². The van der Waals surface area contributed by atoms with Crippen LogP contribution in [0.15, 0.2) is 53.4 Å². The number of imide groups is 1. The van der Waals surface area contributed by atoms with Gasteiger partial charge in [-0.1, -0.05) is 36.4 Å². The van der Waals surface area contributed by atoms with Gasteiger partial charge in [0.15, 0.2) is 0 Å². The van der Waals surface area contributed by atoms with E-state index in [-0.39, 0.29) is 11.8 Å². The molecule has 2 aromatic carbocycles. The van der Waals surface area contributed by atoms with E-state index >= 15 is 0 Å². The van der Waals surface area contributed by atoms with E-state index in [1.54, 1.807) is 13.0 Å². The van der Waals surface area contributed by atoms with Crippen molar-refractivity contribution < 1.29 is 14.4 Å². The lowest BCUT2D eigenvalue weighted by Gasteiger charge is -2.20. The Morgan fingerprint density at radius 3 is 2.47 bits per heavy atom. The molecule has 0 radical (unpaired) electrons. The Balaban J connectivity index is 1.40. The van der Waals surface area contributed by atoms with E-state index in [4.69, 9.17) is 0 Å². The highest BCUT2D eigenvalue weighted by atomic mass is 32.2. The van der Waals surface area contributed by atoms with Crippen molar-refractivity contribution in [3.05, 3.63) is 65.2 Å². The molecule has 4 rings (SSSR count). The Bertz CT molecular complexity index is 1020. The van der Waals surface area contributed by atoms with Crippen molar-refractivity contribution in [3.63, 3.8) is 0 Å². The number of thioether (sulfide) groups is 1. The fourth-order valence-corrected chi connectivity index (χ4v) is 5.16. The van der Waals surface area contributed by atoms with Gasteiger partial charge in [0.25, 0.3) is 11.8 Å². The largest absolute Gasteiger partial charge is 0.348 e. The lowest BCUT2D eigenvalue weighted by molar-refractivity contribution is -0.122. The van der Waals surface area contributed by atoms with Gasteiger partial charge in [-0.05, 0) is 56.1 Å². The molecule has 168 valence electrons. The van der Waals surface area contributed by atoms with E-state index in [0.717, 1.165) is 30.1 Å². The second-order valence-corrected chi connectivity index (χ2v) is 9.48. The topological polar surface area (TPSA) is 90.5 Å². The lowest BCUT2D eigenvalue weighted by Crippen LogP contribution is -2.46. The molecule has 0 unspecified atom stereocenters. The highest BCUT2D eigenvalue weighted by Gasteiger charge is 2.41. The molecule has 0 spiro atoms. The number of urea groups is 1. The number of nitrogens with one attached hydrogen (secondary N) is 3. The Morgan fingerprint density at radius 2 is 1.75 bits per heavy atom. The fourth-order valence-electron chi connectivity index (χ4n) is 4.02. The number of likely N-dealkylation sites (tertiary alicyclic amines) is 1.